The Labute approximate surface area is 229 Å². The van der Waals surface area contributed by atoms with Crippen molar-refractivity contribution >= 4 is 17.5 Å². The molecule has 0 bridgehead atoms. The molecule has 7 N–H and O–H groups in total. The first-order valence-electron chi connectivity index (χ1n) is 13.5. The van der Waals surface area contributed by atoms with Crippen molar-refractivity contribution in [3.05, 3.63) is 88.6 Å². The van der Waals surface area contributed by atoms with Crippen molar-refractivity contribution in [2.75, 3.05) is 6.54 Å². The summed E-state index contributed by atoms with van der Waals surface area (Å²) in [7, 11) is 0. The van der Waals surface area contributed by atoms with Gasteiger partial charge in [-0.1, -0.05) is 31.4 Å². The van der Waals surface area contributed by atoms with Gasteiger partial charge in [0.25, 0.3) is 0 Å². The van der Waals surface area contributed by atoms with Crippen LogP contribution in [0.15, 0.2) is 55.3 Å². The number of likely N-dealkylation sites (tertiary alicyclic amines) is 1. The van der Waals surface area contributed by atoms with E-state index >= 15 is 0 Å². The number of hydrogen-bond donors (Lipinski definition) is 4. The van der Waals surface area contributed by atoms with Gasteiger partial charge in [0, 0.05) is 35.6 Å². The second-order valence-corrected chi connectivity index (χ2v) is 11.3. The van der Waals surface area contributed by atoms with Crippen molar-refractivity contribution < 1.29 is 9.59 Å². The highest BCUT2D eigenvalue weighted by Gasteiger charge is 2.52. The second-order valence-electron chi connectivity index (χ2n) is 11.3. The van der Waals surface area contributed by atoms with Gasteiger partial charge in [0.1, 0.15) is 11.5 Å². The van der Waals surface area contributed by atoms with Gasteiger partial charge in [-0.05, 0) is 91.0 Å². The molecule has 5 rings (SSSR count). The van der Waals surface area contributed by atoms with Gasteiger partial charge in [-0.25, -0.2) is 0 Å². The van der Waals surface area contributed by atoms with E-state index in [2.05, 4.69) is 29.4 Å². The van der Waals surface area contributed by atoms with E-state index in [1.165, 1.54) is 0 Å². The SMILES string of the molecule is C=C(N)c1ccc2c(c1)CCc1cc(C(N)=O)ccc1C2(C[C@@H](C)NCC(=C)N1C(C#N)C[C@@H]2CC21)C(N)=O. The van der Waals surface area contributed by atoms with Crippen LogP contribution in [0.2, 0.25) is 0 Å². The lowest BCUT2D eigenvalue weighted by Gasteiger charge is -2.36. The molecule has 2 amide bonds. The van der Waals surface area contributed by atoms with E-state index in [0.29, 0.717) is 49.0 Å². The number of rotatable bonds is 9. The fourth-order valence-corrected chi connectivity index (χ4v) is 6.73. The molecule has 2 aliphatic carbocycles. The number of carbonyl (C=O) groups excluding carboxylic acids is 2. The standard InChI is InChI=1S/C31H36N6O2/c1-17(36-16-18(2)37-25(15-32)12-24-13-28(24)37)14-31(30(35)39)26-8-6-20(19(3)33)10-21(26)4-5-22-11-23(29(34)38)7-9-27(22)31/h6-11,17,24-25,28,36H,2-5,12-14,16,33H2,1H3,(H2,34,38)(H2,35,39)/t17-,24-,25?,28?,31?/m1/s1. The van der Waals surface area contributed by atoms with Gasteiger partial charge < -0.3 is 27.4 Å². The highest BCUT2D eigenvalue weighted by molar-refractivity contribution is 5.95. The monoisotopic (exact) mass is 524 g/mol. The molecule has 5 atom stereocenters. The zero-order valence-electron chi connectivity index (χ0n) is 22.4. The predicted octanol–water partition coefficient (Wildman–Crippen LogP) is 2.45. The van der Waals surface area contributed by atoms with Crippen LogP contribution in [0, 0.1) is 17.2 Å². The second kappa shape index (κ2) is 9.90. The first-order valence-corrected chi connectivity index (χ1v) is 13.5. The third-order valence-corrected chi connectivity index (χ3v) is 8.76. The summed E-state index contributed by atoms with van der Waals surface area (Å²) < 4.78 is 0. The number of nitrogens with one attached hydrogen (secondary N) is 1. The number of nitrogens with zero attached hydrogens (tertiary/aromatic N) is 2. The Morgan fingerprint density at radius 1 is 1.08 bits per heavy atom. The van der Waals surface area contributed by atoms with Crippen molar-refractivity contribution in [1.29, 1.82) is 5.26 Å². The number of aryl methyl sites for hydroxylation is 2. The number of nitrogens with two attached hydrogens (primary N) is 3. The van der Waals surface area contributed by atoms with Crippen LogP contribution in [0.5, 0.6) is 0 Å². The van der Waals surface area contributed by atoms with E-state index in [-0.39, 0.29) is 12.1 Å². The number of benzene rings is 2. The highest BCUT2D eigenvalue weighted by Crippen LogP contribution is 2.49. The van der Waals surface area contributed by atoms with Crippen LogP contribution in [-0.4, -0.2) is 41.4 Å². The summed E-state index contributed by atoms with van der Waals surface area (Å²) in [5.74, 6) is -0.383. The summed E-state index contributed by atoms with van der Waals surface area (Å²) in [6, 6.07) is 13.6. The van der Waals surface area contributed by atoms with Gasteiger partial charge in [0.2, 0.25) is 11.8 Å². The third kappa shape index (κ3) is 4.57. The van der Waals surface area contributed by atoms with Gasteiger partial charge in [-0.2, -0.15) is 5.26 Å². The molecule has 2 aromatic carbocycles. The van der Waals surface area contributed by atoms with Crippen molar-refractivity contribution in [3.8, 4) is 6.07 Å². The normalized spacial score (nSPS) is 25.3. The molecular weight excluding hydrogens is 488 g/mol. The molecular formula is C31H36N6O2. The third-order valence-electron chi connectivity index (χ3n) is 8.76. The maximum atomic E-state index is 13.6. The molecule has 0 radical (unpaired) electrons. The van der Waals surface area contributed by atoms with Crippen LogP contribution in [0.4, 0.5) is 0 Å². The quantitative estimate of drug-likeness (QED) is 0.396. The van der Waals surface area contributed by atoms with E-state index in [4.69, 9.17) is 17.2 Å². The number of amides is 2. The van der Waals surface area contributed by atoms with E-state index in [1.807, 2.05) is 31.2 Å². The number of hydrogen-bond acceptors (Lipinski definition) is 6. The molecule has 2 aromatic rings. The van der Waals surface area contributed by atoms with Crippen LogP contribution < -0.4 is 22.5 Å². The number of carbonyl (C=O) groups is 2. The maximum absolute atomic E-state index is 13.6. The molecule has 8 nitrogen and oxygen atoms in total. The van der Waals surface area contributed by atoms with Crippen LogP contribution >= 0.6 is 0 Å². The molecule has 39 heavy (non-hydrogen) atoms. The molecule has 1 heterocycles. The summed E-state index contributed by atoms with van der Waals surface area (Å²) in [6.45, 7) is 10.7. The fraction of sp³-hybridized carbons (Fsp3) is 0.387. The number of nitriles is 1. The number of piperidine rings is 1. The Bertz CT molecular complexity index is 1360. The zero-order chi connectivity index (χ0) is 28.1. The molecule has 2 fully saturated rings. The van der Waals surface area contributed by atoms with Crippen molar-refractivity contribution in [1.82, 2.24) is 10.2 Å². The Balaban J connectivity index is 1.50. The molecule has 8 heteroatoms. The lowest BCUT2D eigenvalue weighted by Crippen LogP contribution is -2.48. The van der Waals surface area contributed by atoms with Crippen molar-refractivity contribution in [2.45, 2.75) is 62.6 Å². The molecule has 3 aliphatic rings. The topological polar surface area (TPSA) is 151 Å². The van der Waals surface area contributed by atoms with Gasteiger partial charge in [-0.3, -0.25) is 9.59 Å². The molecule has 1 saturated heterocycles. The summed E-state index contributed by atoms with van der Waals surface area (Å²) in [5, 5.41) is 13.1. The van der Waals surface area contributed by atoms with Crippen LogP contribution in [-0.2, 0) is 23.1 Å². The minimum absolute atomic E-state index is 0.123. The number of fused-ring (bicyclic) bond motifs is 3. The predicted molar refractivity (Wildman–Crippen MR) is 151 cm³/mol. The first kappa shape index (κ1) is 26.5. The van der Waals surface area contributed by atoms with Crippen molar-refractivity contribution in [3.63, 3.8) is 0 Å². The Morgan fingerprint density at radius 2 is 1.69 bits per heavy atom. The lowest BCUT2D eigenvalue weighted by molar-refractivity contribution is -0.122. The van der Waals surface area contributed by atoms with E-state index < -0.39 is 17.2 Å². The van der Waals surface area contributed by atoms with Crippen molar-refractivity contribution in [2.24, 2.45) is 23.1 Å². The molecule has 0 spiro atoms. The van der Waals surface area contributed by atoms with Gasteiger partial charge in [0.05, 0.1) is 6.07 Å². The smallest absolute Gasteiger partial charge is 0.248 e. The van der Waals surface area contributed by atoms with Crippen LogP contribution in [0.1, 0.15) is 64.4 Å². The summed E-state index contributed by atoms with van der Waals surface area (Å²) in [5.41, 5.74) is 22.7. The highest BCUT2D eigenvalue weighted by atomic mass is 16.1. The molecule has 1 aliphatic heterocycles. The average molecular weight is 525 g/mol. The zero-order valence-corrected chi connectivity index (χ0v) is 22.4. The molecule has 3 unspecified atom stereocenters. The van der Waals surface area contributed by atoms with E-state index in [9.17, 15) is 14.9 Å². The van der Waals surface area contributed by atoms with E-state index in [0.717, 1.165) is 46.4 Å². The first-order chi connectivity index (χ1) is 18.6. The fourth-order valence-electron chi connectivity index (χ4n) is 6.73. The maximum Gasteiger partial charge on any atom is 0.248 e. The average Bonchev–Trinajstić information content (AvgIpc) is 3.60. The summed E-state index contributed by atoms with van der Waals surface area (Å²) >= 11 is 0. The molecule has 1 saturated carbocycles. The Hall–Kier alpha value is -4.09. The van der Waals surface area contributed by atoms with Gasteiger partial charge in [-0.15, -0.1) is 0 Å². The summed E-state index contributed by atoms with van der Waals surface area (Å²) in [6.07, 6.45) is 3.67. The Morgan fingerprint density at radius 3 is 2.26 bits per heavy atom. The summed E-state index contributed by atoms with van der Waals surface area (Å²) in [4.78, 5) is 27.7. The lowest BCUT2D eigenvalue weighted by atomic mass is 9.68. The number of primary amides is 2. The largest absolute Gasteiger partial charge is 0.399 e. The Kier molecular flexibility index (Phi) is 6.73. The van der Waals surface area contributed by atoms with E-state index in [1.54, 1.807) is 12.1 Å². The van der Waals surface area contributed by atoms with Crippen LogP contribution in [0.25, 0.3) is 5.70 Å². The van der Waals surface area contributed by atoms with Crippen LogP contribution in [0.3, 0.4) is 0 Å². The minimum atomic E-state index is -1.15. The van der Waals surface area contributed by atoms with Gasteiger partial charge >= 0.3 is 0 Å². The molecule has 0 aromatic heterocycles. The molecule has 202 valence electrons. The minimum Gasteiger partial charge on any atom is -0.399 e. The van der Waals surface area contributed by atoms with Gasteiger partial charge in [0.15, 0.2) is 0 Å².